The Bertz CT molecular complexity index is 858. The van der Waals surface area contributed by atoms with E-state index >= 15 is 0 Å². The second-order valence-electron chi connectivity index (χ2n) is 6.91. The first-order valence-electron chi connectivity index (χ1n) is 9.33. The number of nitrogens with one attached hydrogen (secondary N) is 1. The first kappa shape index (κ1) is 19.6. The molecular weight excluding hydrogens is 356 g/mol. The molecule has 0 spiro atoms. The Hall–Kier alpha value is -3.15. The standard InChI is InChI=1S/C22H24N2O4/c1-3-24(15-16-7-5-4-6-8-16)21(27)22(13-14-22)20(26)23-18-11-9-17(10-12-18)19(25)28-2/h4-12H,3,13-15H2,1-2H3,(H,23,26). The van der Waals surface area contributed by atoms with Gasteiger partial charge < -0.3 is 15.0 Å². The number of esters is 1. The molecule has 1 fully saturated rings. The quantitative estimate of drug-likeness (QED) is 0.591. The first-order valence-corrected chi connectivity index (χ1v) is 9.33. The van der Waals surface area contributed by atoms with Crippen LogP contribution in [0, 0.1) is 5.41 Å². The molecule has 0 radical (unpaired) electrons. The van der Waals surface area contributed by atoms with Gasteiger partial charge in [-0.3, -0.25) is 9.59 Å². The summed E-state index contributed by atoms with van der Waals surface area (Å²) in [6, 6.07) is 16.2. The van der Waals surface area contributed by atoms with Gasteiger partial charge in [0.2, 0.25) is 11.8 Å². The van der Waals surface area contributed by atoms with Gasteiger partial charge in [-0.1, -0.05) is 30.3 Å². The number of carbonyl (C=O) groups is 3. The van der Waals surface area contributed by atoms with E-state index in [1.807, 2.05) is 37.3 Å². The Kier molecular flexibility index (Phi) is 5.78. The first-order chi connectivity index (χ1) is 13.5. The number of hydrogen-bond acceptors (Lipinski definition) is 4. The van der Waals surface area contributed by atoms with Crippen molar-refractivity contribution in [2.45, 2.75) is 26.3 Å². The van der Waals surface area contributed by atoms with Gasteiger partial charge in [0.15, 0.2) is 0 Å². The van der Waals surface area contributed by atoms with Crippen molar-refractivity contribution >= 4 is 23.5 Å². The Labute approximate surface area is 164 Å². The molecule has 1 N–H and O–H groups in total. The van der Waals surface area contributed by atoms with Crippen molar-refractivity contribution in [1.82, 2.24) is 4.90 Å². The fourth-order valence-corrected chi connectivity index (χ4v) is 3.15. The minimum absolute atomic E-state index is 0.137. The van der Waals surface area contributed by atoms with E-state index in [-0.39, 0.29) is 11.8 Å². The third-order valence-electron chi connectivity index (χ3n) is 5.04. The lowest BCUT2D eigenvalue weighted by Gasteiger charge is -2.26. The molecule has 2 aromatic carbocycles. The van der Waals surface area contributed by atoms with Crippen molar-refractivity contribution in [3.63, 3.8) is 0 Å². The van der Waals surface area contributed by atoms with Crippen LogP contribution in [0.4, 0.5) is 5.69 Å². The minimum Gasteiger partial charge on any atom is -0.465 e. The summed E-state index contributed by atoms with van der Waals surface area (Å²) in [6.45, 7) is 2.94. The SMILES string of the molecule is CCN(Cc1ccccc1)C(=O)C1(C(=O)Nc2ccc(C(=O)OC)cc2)CC1. The summed E-state index contributed by atoms with van der Waals surface area (Å²) in [5.74, 6) is -0.872. The zero-order valence-electron chi connectivity index (χ0n) is 16.1. The zero-order chi connectivity index (χ0) is 20.1. The molecule has 2 aromatic rings. The highest BCUT2D eigenvalue weighted by Gasteiger charge is 2.57. The van der Waals surface area contributed by atoms with E-state index in [9.17, 15) is 14.4 Å². The van der Waals surface area contributed by atoms with Crippen LogP contribution < -0.4 is 5.32 Å². The maximum Gasteiger partial charge on any atom is 0.337 e. The number of hydrogen-bond donors (Lipinski definition) is 1. The molecular formula is C22H24N2O4. The van der Waals surface area contributed by atoms with E-state index in [2.05, 4.69) is 10.1 Å². The third-order valence-corrected chi connectivity index (χ3v) is 5.04. The Morgan fingerprint density at radius 2 is 1.68 bits per heavy atom. The van der Waals surface area contributed by atoms with Crippen molar-refractivity contribution in [2.75, 3.05) is 19.0 Å². The second-order valence-corrected chi connectivity index (χ2v) is 6.91. The summed E-state index contributed by atoms with van der Waals surface area (Å²) in [6.07, 6.45) is 1.09. The highest BCUT2D eigenvalue weighted by atomic mass is 16.5. The lowest BCUT2D eigenvalue weighted by Crippen LogP contribution is -2.42. The van der Waals surface area contributed by atoms with Crippen molar-refractivity contribution in [2.24, 2.45) is 5.41 Å². The molecule has 3 rings (SSSR count). The summed E-state index contributed by atoms with van der Waals surface area (Å²) in [5.41, 5.74) is 0.985. The number of carbonyl (C=O) groups excluding carboxylic acids is 3. The molecule has 0 atom stereocenters. The van der Waals surface area contributed by atoms with E-state index in [0.717, 1.165) is 5.56 Å². The second kappa shape index (κ2) is 8.25. The predicted octanol–water partition coefficient (Wildman–Crippen LogP) is 3.24. The highest BCUT2D eigenvalue weighted by molar-refractivity contribution is 6.13. The predicted molar refractivity (Wildman–Crippen MR) is 106 cm³/mol. The smallest absolute Gasteiger partial charge is 0.337 e. The molecule has 1 aliphatic rings. The van der Waals surface area contributed by atoms with Gasteiger partial charge in [-0.05, 0) is 49.6 Å². The average Bonchev–Trinajstić information content (AvgIpc) is 3.54. The summed E-state index contributed by atoms with van der Waals surface area (Å²) in [5, 5.41) is 2.81. The van der Waals surface area contributed by atoms with E-state index < -0.39 is 11.4 Å². The van der Waals surface area contributed by atoms with Crippen molar-refractivity contribution in [3.8, 4) is 0 Å². The van der Waals surface area contributed by atoms with E-state index in [4.69, 9.17) is 0 Å². The number of rotatable bonds is 7. The van der Waals surface area contributed by atoms with Crippen LogP contribution in [0.2, 0.25) is 0 Å². The van der Waals surface area contributed by atoms with Crippen LogP contribution in [-0.2, 0) is 20.9 Å². The van der Waals surface area contributed by atoms with Crippen LogP contribution in [0.5, 0.6) is 0 Å². The maximum absolute atomic E-state index is 13.1. The zero-order valence-corrected chi connectivity index (χ0v) is 16.1. The average molecular weight is 380 g/mol. The van der Waals surface area contributed by atoms with Gasteiger partial charge in [0.25, 0.3) is 0 Å². The normalized spacial score (nSPS) is 14.1. The Morgan fingerprint density at radius 3 is 2.21 bits per heavy atom. The van der Waals surface area contributed by atoms with Crippen molar-refractivity contribution < 1.29 is 19.1 Å². The molecule has 1 aliphatic carbocycles. The largest absolute Gasteiger partial charge is 0.465 e. The lowest BCUT2D eigenvalue weighted by atomic mass is 10.0. The lowest BCUT2D eigenvalue weighted by molar-refractivity contribution is -0.142. The van der Waals surface area contributed by atoms with E-state index in [0.29, 0.717) is 37.2 Å². The van der Waals surface area contributed by atoms with Crippen LogP contribution in [0.25, 0.3) is 0 Å². The molecule has 0 aromatic heterocycles. The fraction of sp³-hybridized carbons (Fsp3) is 0.318. The number of nitrogens with zero attached hydrogens (tertiary/aromatic N) is 1. The third kappa shape index (κ3) is 4.06. The van der Waals surface area contributed by atoms with Gasteiger partial charge in [-0.15, -0.1) is 0 Å². The molecule has 1 saturated carbocycles. The highest BCUT2D eigenvalue weighted by Crippen LogP contribution is 2.48. The molecule has 0 aliphatic heterocycles. The maximum atomic E-state index is 13.1. The van der Waals surface area contributed by atoms with E-state index in [1.165, 1.54) is 7.11 Å². The minimum atomic E-state index is -0.994. The van der Waals surface area contributed by atoms with Gasteiger partial charge in [0.05, 0.1) is 12.7 Å². The summed E-state index contributed by atoms with van der Waals surface area (Å²) >= 11 is 0. The Balaban J connectivity index is 1.68. The van der Waals surface area contributed by atoms with Crippen molar-refractivity contribution in [1.29, 1.82) is 0 Å². The van der Waals surface area contributed by atoms with Gasteiger partial charge in [-0.25, -0.2) is 4.79 Å². The molecule has 0 unspecified atom stereocenters. The number of ether oxygens (including phenoxy) is 1. The number of anilines is 1. The van der Waals surface area contributed by atoms with Gasteiger partial charge in [0, 0.05) is 18.8 Å². The van der Waals surface area contributed by atoms with E-state index in [1.54, 1.807) is 29.2 Å². The molecule has 146 valence electrons. The van der Waals surface area contributed by atoms with Crippen molar-refractivity contribution in [3.05, 3.63) is 65.7 Å². The molecule has 6 heteroatoms. The molecule has 0 bridgehead atoms. The fourth-order valence-electron chi connectivity index (χ4n) is 3.15. The Morgan fingerprint density at radius 1 is 1.04 bits per heavy atom. The van der Waals surface area contributed by atoms with Crippen LogP contribution in [0.3, 0.4) is 0 Å². The summed E-state index contributed by atoms with van der Waals surface area (Å²) in [4.78, 5) is 39.1. The molecule has 0 heterocycles. The van der Waals surface area contributed by atoms with Crippen LogP contribution in [0.15, 0.2) is 54.6 Å². The summed E-state index contributed by atoms with van der Waals surface area (Å²) in [7, 11) is 1.31. The molecule has 0 saturated heterocycles. The number of benzene rings is 2. The molecule has 2 amide bonds. The van der Waals surface area contributed by atoms with Crippen LogP contribution >= 0.6 is 0 Å². The van der Waals surface area contributed by atoms with Crippen LogP contribution in [-0.4, -0.2) is 36.3 Å². The summed E-state index contributed by atoms with van der Waals surface area (Å²) < 4.78 is 4.66. The molecule has 28 heavy (non-hydrogen) atoms. The van der Waals surface area contributed by atoms with Gasteiger partial charge >= 0.3 is 5.97 Å². The van der Waals surface area contributed by atoms with Crippen LogP contribution in [0.1, 0.15) is 35.7 Å². The number of methoxy groups -OCH3 is 1. The van der Waals surface area contributed by atoms with Gasteiger partial charge in [0.1, 0.15) is 5.41 Å². The number of amides is 2. The molecule has 6 nitrogen and oxygen atoms in total. The topological polar surface area (TPSA) is 75.7 Å². The monoisotopic (exact) mass is 380 g/mol. The van der Waals surface area contributed by atoms with Gasteiger partial charge in [-0.2, -0.15) is 0 Å².